The molecule has 1 unspecified atom stereocenters. The van der Waals surface area contributed by atoms with Gasteiger partial charge in [-0.3, -0.25) is 0 Å². The standard InChI is InChI=1S/C12H15FO/c13-12(9-4-1-2-5-9)10-6-3-7-11(14)8-10/h3,6-9,12,14H,1-2,4-5H2. The molecule has 2 rings (SSSR count). The van der Waals surface area contributed by atoms with Crippen molar-refractivity contribution in [3.8, 4) is 5.75 Å². The van der Waals surface area contributed by atoms with Crippen molar-refractivity contribution in [3.05, 3.63) is 29.8 Å². The average molecular weight is 194 g/mol. The number of benzene rings is 1. The molecule has 1 aromatic carbocycles. The lowest BCUT2D eigenvalue weighted by molar-refractivity contribution is 0.235. The number of halogens is 1. The summed E-state index contributed by atoms with van der Waals surface area (Å²) in [5.41, 5.74) is 0.622. The van der Waals surface area contributed by atoms with Gasteiger partial charge in [-0.25, -0.2) is 4.39 Å². The molecule has 2 heteroatoms. The molecule has 0 radical (unpaired) electrons. The van der Waals surface area contributed by atoms with E-state index in [2.05, 4.69) is 0 Å². The van der Waals surface area contributed by atoms with Crippen molar-refractivity contribution in [2.24, 2.45) is 5.92 Å². The second kappa shape index (κ2) is 3.99. The Morgan fingerprint density at radius 3 is 2.64 bits per heavy atom. The molecule has 0 aromatic heterocycles. The maximum absolute atomic E-state index is 13.9. The first kappa shape index (κ1) is 9.50. The smallest absolute Gasteiger partial charge is 0.128 e. The molecule has 1 aromatic rings. The van der Waals surface area contributed by atoms with Crippen molar-refractivity contribution < 1.29 is 9.50 Å². The van der Waals surface area contributed by atoms with E-state index in [1.807, 2.05) is 0 Å². The minimum Gasteiger partial charge on any atom is -0.508 e. The third kappa shape index (κ3) is 1.89. The van der Waals surface area contributed by atoms with Crippen molar-refractivity contribution >= 4 is 0 Å². The maximum atomic E-state index is 13.9. The highest BCUT2D eigenvalue weighted by Gasteiger charge is 2.25. The Hall–Kier alpha value is -1.05. The van der Waals surface area contributed by atoms with Gasteiger partial charge in [-0.15, -0.1) is 0 Å². The number of alkyl halides is 1. The van der Waals surface area contributed by atoms with Crippen molar-refractivity contribution in [3.63, 3.8) is 0 Å². The number of aromatic hydroxyl groups is 1. The van der Waals surface area contributed by atoms with Crippen LogP contribution >= 0.6 is 0 Å². The van der Waals surface area contributed by atoms with Crippen LogP contribution in [0.4, 0.5) is 4.39 Å². The van der Waals surface area contributed by atoms with Crippen LogP contribution in [0, 0.1) is 5.92 Å². The van der Waals surface area contributed by atoms with Crippen molar-refractivity contribution in [1.29, 1.82) is 0 Å². The maximum Gasteiger partial charge on any atom is 0.128 e. The summed E-state index contributed by atoms with van der Waals surface area (Å²) in [6.45, 7) is 0. The van der Waals surface area contributed by atoms with E-state index < -0.39 is 6.17 Å². The van der Waals surface area contributed by atoms with Crippen molar-refractivity contribution in [2.45, 2.75) is 31.9 Å². The Bertz CT molecular complexity index is 305. The Labute approximate surface area is 83.6 Å². The van der Waals surface area contributed by atoms with E-state index in [0.29, 0.717) is 5.56 Å². The molecule has 0 bridgehead atoms. The molecule has 1 aliphatic rings. The van der Waals surface area contributed by atoms with Gasteiger partial charge in [0.15, 0.2) is 0 Å². The highest BCUT2D eigenvalue weighted by molar-refractivity contribution is 5.29. The first-order chi connectivity index (χ1) is 6.77. The number of phenols is 1. The molecule has 0 heterocycles. The average Bonchev–Trinajstić information content (AvgIpc) is 2.69. The van der Waals surface area contributed by atoms with E-state index in [1.54, 1.807) is 18.2 Å². The van der Waals surface area contributed by atoms with Crippen LogP contribution in [0.1, 0.15) is 37.4 Å². The summed E-state index contributed by atoms with van der Waals surface area (Å²) in [5.74, 6) is 0.319. The normalized spacial score (nSPS) is 19.8. The molecular weight excluding hydrogens is 179 g/mol. The SMILES string of the molecule is Oc1cccc(C(F)C2CCCC2)c1. The second-order valence-electron chi connectivity index (χ2n) is 4.04. The summed E-state index contributed by atoms with van der Waals surface area (Å²) >= 11 is 0. The fourth-order valence-electron chi connectivity index (χ4n) is 2.22. The monoisotopic (exact) mass is 194 g/mol. The molecule has 0 amide bonds. The van der Waals surface area contributed by atoms with Gasteiger partial charge >= 0.3 is 0 Å². The molecule has 1 N–H and O–H groups in total. The summed E-state index contributed by atoms with van der Waals surface area (Å²) in [7, 11) is 0. The molecule has 1 nitrogen and oxygen atoms in total. The molecule has 0 saturated heterocycles. The summed E-state index contributed by atoms with van der Waals surface area (Å²) < 4.78 is 13.9. The van der Waals surface area contributed by atoms with E-state index in [0.717, 1.165) is 25.7 Å². The minimum atomic E-state index is -0.899. The Balaban J connectivity index is 2.13. The van der Waals surface area contributed by atoms with Gasteiger partial charge in [-0.05, 0) is 36.5 Å². The molecular formula is C12H15FO. The van der Waals surface area contributed by atoms with Gasteiger partial charge in [-0.1, -0.05) is 25.0 Å². The van der Waals surface area contributed by atoms with Gasteiger partial charge in [0.05, 0.1) is 0 Å². The van der Waals surface area contributed by atoms with Crippen LogP contribution in [-0.2, 0) is 0 Å². The van der Waals surface area contributed by atoms with Gasteiger partial charge in [-0.2, -0.15) is 0 Å². The predicted molar refractivity (Wildman–Crippen MR) is 53.9 cm³/mol. The van der Waals surface area contributed by atoms with Gasteiger partial charge in [0.25, 0.3) is 0 Å². The third-order valence-electron chi connectivity index (χ3n) is 3.00. The third-order valence-corrected chi connectivity index (χ3v) is 3.00. The van der Waals surface area contributed by atoms with Gasteiger partial charge < -0.3 is 5.11 Å². The molecule has 0 aliphatic heterocycles. The lowest BCUT2D eigenvalue weighted by Crippen LogP contribution is -2.03. The zero-order valence-corrected chi connectivity index (χ0v) is 8.12. The molecule has 1 aliphatic carbocycles. The summed E-state index contributed by atoms with van der Waals surface area (Å²) in [4.78, 5) is 0. The zero-order valence-electron chi connectivity index (χ0n) is 8.12. The van der Waals surface area contributed by atoms with Gasteiger partial charge in [0.1, 0.15) is 11.9 Å². The summed E-state index contributed by atoms with van der Waals surface area (Å²) in [6, 6.07) is 6.56. The highest BCUT2D eigenvalue weighted by Crippen LogP contribution is 2.38. The lowest BCUT2D eigenvalue weighted by Gasteiger charge is -2.15. The molecule has 76 valence electrons. The molecule has 14 heavy (non-hydrogen) atoms. The molecule has 1 fully saturated rings. The molecule has 1 atom stereocenters. The van der Waals surface area contributed by atoms with Gasteiger partial charge in [0.2, 0.25) is 0 Å². The van der Waals surface area contributed by atoms with Crippen LogP contribution in [0.2, 0.25) is 0 Å². The number of rotatable bonds is 2. The zero-order chi connectivity index (χ0) is 9.97. The van der Waals surface area contributed by atoms with Crippen LogP contribution in [-0.4, -0.2) is 5.11 Å². The Morgan fingerprint density at radius 1 is 1.29 bits per heavy atom. The predicted octanol–water partition coefficient (Wildman–Crippen LogP) is 3.59. The Kier molecular flexibility index (Phi) is 2.71. The van der Waals surface area contributed by atoms with E-state index in [1.165, 1.54) is 6.07 Å². The topological polar surface area (TPSA) is 20.2 Å². The van der Waals surface area contributed by atoms with Crippen LogP contribution in [0.25, 0.3) is 0 Å². The van der Waals surface area contributed by atoms with Crippen LogP contribution in [0.15, 0.2) is 24.3 Å². The summed E-state index contributed by atoms with van der Waals surface area (Å²) in [5, 5.41) is 9.24. The largest absolute Gasteiger partial charge is 0.508 e. The number of hydrogen-bond donors (Lipinski definition) is 1. The first-order valence-corrected chi connectivity index (χ1v) is 5.20. The lowest BCUT2D eigenvalue weighted by atomic mass is 9.96. The number of phenolic OH excluding ortho intramolecular Hbond substituents is 1. The van der Waals surface area contributed by atoms with Crippen LogP contribution in [0.5, 0.6) is 5.75 Å². The molecule has 0 spiro atoms. The molecule has 1 saturated carbocycles. The van der Waals surface area contributed by atoms with Crippen LogP contribution in [0.3, 0.4) is 0 Å². The van der Waals surface area contributed by atoms with E-state index in [-0.39, 0.29) is 11.7 Å². The first-order valence-electron chi connectivity index (χ1n) is 5.20. The fourth-order valence-corrected chi connectivity index (χ4v) is 2.22. The fraction of sp³-hybridized carbons (Fsp3) is 0.500. The van der Waals surface area contributed by atoms with Gasteiger partial charge in [0, 0.05) is 0 Å². The van der Waals surface area contributed by atoms with Crippen molar-refractivity contribution in [1.82, 2.24) is 0 Å². The number of hydrogen-bond acceptors (Lipinski definition) is 1. The van der Waals surface area contributed by atoms with E-state index in [4.69, 9.17) is 0 Å². The Morgan fingerprint density at radius 2 is 2.00 bits per heavy atom. The summed E-state index contributed by atoms with van der Waals surface area (Å²) in [6.07, 6.45) is 3.35. The van der Waals surface area contributed by atoms with E-state index in [9.17, 15) is 9.50 Å². The highest BCUT2D eigenvalue weighted by atomic mass is 19.1. The second-order valence-corrected chi connectivity index (χ2v) is 4.04. The minimum absolute atomic E-state index is 0.156. The van der Waals surface area contributed by atoms with E-state index >= 15 is 0 Å². The van der Waals surface area contributed by atoms with Crippen LogP contribution < -0.4 is 0 Å². The quantitative estimate of drug-likeness (QED) is 0.762. The van der Waals surface area contributed by atoms with Crippen molar-refractivity contribution in [2.75, 3.05) is 0 Å².